The van der Waals surface area contributed by atoms with E-state index >= 15 is 0 Å². The first kappa shape index (κ1) is 21.7. The van der Waals surface area contributed by atoms with E-state index in [2.05, 4.69) is 10.4 Å². The predicted octanol–water partition coefficient (Wildman–Crippen LogP) is 1.70. The summed E-state index contributed by atoms with van der Waals surface area (Å²) in [5.41, 5.74) is -1.54. The van der Waals surface area contributed by atoms with Gasteiger partial charge < -0.3 is 14.8 Å². The normalized spacial score (nSPS) is 10.6. The summed E-state index contributed by atoms with van der Waals surface area (Å²) in [6, 6.07) is 7.24. The molecule has 1 heterocycles. The first-order valence-electron chi connectivity index (χ1n) is 8.92. The Morgan fingerprint density at radius 1 is 1.10 bits per heavy atom. The standard InChI is InChI=1S/C20H18F2N4O5/c1-11(27)23-17-9-14(4-5-16(17)22)26-20(29)25(19(28)18(24-26)31-3)10-12-6-13(21)8-15(7-12)30-2/h4-9H,10H2,1-3H3,(H,23,27). The molecule has 0 unspecified atom stereocenters. The number of anilines is 1. The van der Waals surface area contributed by atoms with E-state index < -0.39 is 34.7 Å². The van der Waals surface area contributed by atoms with Crippen LogP contribution in [-0.4, -0.2) is 34.5 Å². The topological polar surface area (TPSA) is 104 Å². The summed E-state index contributed by atoms with van der Waals surface area (Å²) in [5.74, 6) is -2.04. The summed E-state index contributed by atoms with van der Waals surface area (Å²) in [7, 11) is 2.55. The van der Waals surface area contributed by atoms with Gasteiger partial charge in [-0.3, -0.25) is 9.59 Å². The molecule has 162 valence electrons. The predicted molar refractivity (Wildman–Crippen MR) is 107 cm³/mol. The first-order valence-corrected chi connectivity index (χ1v) is 8.92. The number of benzene rings is 2. The van der Waals surface area contributed by atoms with Crippen LogP contribution < -0.4 is 26.0 Å². The highest BCUT2D eigenvalue weighted by atomic mass is 19.1. The Morgan fingerprint density at radius 3 is 2.48 bits per heavy atom. The zero-order chi connectivity index (χ0) is 22.7. The average Bonchev–Trinajstić information content (AvgIpc) is 2.72. The average molecular weight is 432 g/mol. The highest BCUT2D eigenvalue weighted by Gasteiger charge is 2.17. The maximum Gasteiger partial charge on any atom is 0.352 e. The Bertz CT molecular complexity index is 1270. The molecule has 0 saturated heterocycles. The van der Waals surface area contributed by atoms with Crippen molar-refractivity contribution >= 4 is 11.6 Å². The molecule has 0 saturated carbocycles. The van der Waals surface area contributed by atoms with E-state index in [9.17, 15) is 23.2 Å². The Balaban J connectivity index is 2.17. The van der Waals surface area contributed by atoms with Crippen molar-refractivity contribution in [3.8, 4) is 17.3 Å². The van der Waals surface area contributed by atoms with Crippen molar-refractivity contribution in [3.05, 3.63) is 74.4 Å². The van der Waals surface area contributed by atoms with Crippen LogP contribution in [-0.2, 0) is 11.3 Å². The van der Waals surface area contributed by atoms with Gasteiger partial charge in [0.05, 0.1) is 32.1 Å². The van der Waals surface area contributed by atoms with Crippen LogP contribution in [0.3, 0.4) is 0 Å². The lowest BCUT2D eigenvalue weighted by Gasteiger charge is -2.13. The number of nitrogens with zero attached hydrogens (tertiary/aromatic N) is 3. The monoisotopic (exact) mass is 432 g/mol. The lowest BCUT2D eigenvalue weighted by atomic mass is 10.2. The van der Waals surface area contributed by atoms with Crippen LogP contribution in [0.1, 0.15) is 12.5 Å². The van der Waals surface area contributed by atoms with Crippen LogP contribution in [0.2, 0.25) is 0 Å². The van der Waals surface area contributed by atoms with Crippen molar-refractivity contribution in [1.29, 1.82) is 0 Å². The molecule has 1 N–H and O–H groups in total. The van der Waals surface area contributed by atoms with Crippen molar-refractivity contribution in [1.82, 2.24) is 14.3 Å². The van der Waals surface area contributed by atoms with Crippen LogP contribution >= 0.6 is 0 Å². The van der Waals surface area contributed by atoms with E-state index in [1.165, 1.54) is 39.3 Å². The molecule has 3 rings (SSSR count). The number of carbonyl (C=O) groups is 1. The molecule has 0 spiro atoms. The Hall–Kier alpha value is -4.02. The van der Waals surface area contributed by atoms with Gasteiger partial charge in [-0.2, -0.15) is 4.68 Å². The van der Waals surface area contributed by atoms with Gasteiger partial charge in [-0.1, -0.05) is 0 Å². The van der Waals surface area contributed by atoms with Gasteiger partial charge in [-0.25, -0.2) is 18.1 Å². The molecule has 11 heteroatoms. The number of rotatable bonds is 6. The van der Waals surface area contributed by atoms with Crippen LogP contribution in [0.4, 0.5) is 14.5 Å². The summed E-state index contributed by atoms with van der Waals surface area (Å²) in [6.07, 6.45) is 0. The second-order valence-corrected chi connectivity index (χ2v) is 6.44. The molecule has 2 aromatic carbocycles. The minimum atomic E-state index is -0.880. The molecule has 0 fully saturated rings. The molecule has 9 nitrogen and oxygen atoms in total. The number of methoxy groups -OCH3 is 2. The molecule has 31 heavy (non-hydrogen) atoms. The fourth-order valence-corrected chi connectivity index (χ4v) is 2.87. The van der Waals surface area contributed by atoms with Gasteiger partial charge in [0.2, 0.25) is 5.91 Å². The van der Waals surface area contributed by atoms with Gasteiger partial charge in [0.25, 0.3) is 5.88 Å². The molecule has 0 atom stereocenters. The van der Waals surface area contributed by atoms with E-state index in [0.29, 0.717) is 0 Å². The van der Waals surface area contributed by atoms with E-state index in [4.69, 9.17) is 9.47 Å². The lowest BCUT2D eigenvalue weighted by molar-refractivity contribution is -0.114. The molecular weight excluding hydrogens is 414 g/mol. The molecular formula is C20H18F2N4O5. The Morgan fingerprint density at radius 2 is 1.84 bits per heavy atom. The number of ether oxygens (including phenoxy) is 2. The zero-order valence-electron chi connectivity index (χ0n) is 16.8. The number of hydrogen-bond donors (Lipinski definition) is 1. The number of hydrogen-bond acceptors (Lipinski definition) is 6. The maximum absolute atomic E-state index is 14.0. The van der Waals surface area contributed by atoms with E-state index in [-0.39, 0.29) is 29.2 Å². The van der Waals surface area contributed by atoms with Gasteiger partial charge >= 0.3 is 11.2 Å². The van der Waals surface area contributed by atoms with Crippen molar-refractivity contribution in [3.63, 3.8) is 0 Å². The second kappa shape index (κ2) is 8.78. The summed E-state index contributed by atoms with van der Waals surface area (Å²) in [6.45, 7) is 0.900. The third kappa shape index (κ3) is 4.60. The summed E-state index contributed by atoms with van der Waals surface area (Å²) >= 11 is 0. The fraction of sp³-hybridized carbons (Fsp3) is 0.200. The number of aromatic nitrogens is 3. The van der Waals surface area contributed by atoms with Crippen molar-refractivity contribution in [2.45, 2.75) is 13.5 Å². The molecule has 0 radical (unpaired) electrons. The SMILES string of the molecule is COc1cc(F)cc(Cn2c(=O)c(OC)nn(-c3ccc(F)c(NC(C)=O)c3)c2=O)c1. The van der Waals surface area contributed by atoms with Gasteiger partial charge in [-0.15, -0.1) is 5.10 Å². The third-order valence-corrected chi connectivity index (χ3v) is 4.24. The van der Waals surface area contributed by atoms with Crippen LogP contribution in [0.15, 0.2) is 46.0 Å². The highest BCUT2D eigenvalue weighted by Crippen LogP contribution is 2.19. The highest BCUT2D eigenvalue weighted by molar-refractivity contribution is 5.89. The lowest BCUT2D eigenvalue weighted by Crippen LogP contribution is -2.41. The van der Waals surface area contributed by atoms with E-state index in [1.807, 2.05) is 0 Å². The molecule has 3 aromatic rings. The molecule has 0 bridgehead atoms. The van der Waals surface area contributed by atoms with Crippen molar-refractivity contribution in [2.75, 3.05) is 19.5 Å². The number of nitrogens with one attached hydrogen (secondary N) is 1. The van der Waals surface area contributed by atoms with Gasteiger partial charge in [0, 0.05) is 13.0 Å². The quantitative estimate of drug-likeness (QED) is 0.636. The first-order chi connectivity index (χ1) is 14.7. The van der Waals surface area contributed by atoms with E-state index in [0.717, 1.165) is 27.4 Å². The fourth-order valence-electron chi connectivity index (χ4n) is 2.87. The molecule has 0 aliphatic heterocycles. The zero-order valence-corrected chi connectivity index (χ0v) is 16.8. The minimum Gasteiger partial charge on any atom is -0.497 e. The largest absolute Gasteiger partial charge is 0.497 e. The Labute approximate surface area is 174 Å². The van der Waals surface area contributed by atoms with Gasteiger partial charge in [0.1, 0.15) is 17.4 Å². The van der Waals surface area contributed by atoms with Gasteiger partial charge in [-0.05, 0) is 35.9 Å². The minimum absolute atomic E-state index is 0.0685. The van der Waals surface area contributed by atoms with Crippen LogP contribution in [0, 0.1) is 11.6 Å². The molecule has 1 amide bonds. The number of halogens is 2. The summed E-state index contributed by atoms with van der Waals surface area (Å²) in [4.78, 5) is 37.0. The third-order valence-electron chi connectivity index (χ3n) is 4.24. The summed E-state index contributed by atoms with van der Waals surface area (Å²) < 4.78 is 39.4. The van der Waals surface area contributed by atoms with Crippen LogP contribution in [0.5, 0.6) is 11.6 Å². The number of carbonyl (C=O) groups excluding carboxylic acids is 1. The molecule has 0 aliphatic carbocycles. The summed E-state index contributed by atoms with van der Waals surface area (Å²) in [5, 5.41) is 6.18. The van der Waals surface area contributed by atoms with Crippen molar-refractivity contribution in [2.24, 2.45) is 0 Å². The van der Waals surface area contributed by atoms with Crippen molar-refractivity contribution < 1.29 is 23.0 Å². The smallest absolute Gasteiger partial charge is 0.352 e. The maximum atomic E-state index is 14.0. The van der Waals surface area contributed by atoms with Crippen LogP contribution in [0.25, 0.3) is 5.69 Å². The molecule has 1 aromatic heterocycles. The van der Waals surface area contributed by atoms with E-state index in [1.54, 1.807) is 0 Å². The Kier molecular flexibility index (Phi) is 6.14. The number of amides is 1. The molecule has 0 aliphatic rings. The second-order valence-electron chi connectivity index (χ2n) is 6.44. The van der Waals surface area contributed by atoms with Gasteiger partial charge in [0.15, 0.2) is 0 Å².